The van der Waals surface area contributed by atoms with Crippen LogP contribution in [0.3, 0.4) is 0 Å². The number of hydrogen-bond acceptors (Lipinski definition) is 4. The molecular weight excluding hydrogens is 390 g/mol. The molecule has 0 aliphatic carbocycles. The molecule has 0 spiro atoms. The van der Waals surface area contributed by atoms with Crippen molar-refractivity contribution in [3.05, 3.63) is 64.7 Å². The van der Waals surface area contributed by atoms with Gasteiger partial charge in [0.15, 0.2) is 6.29 Å². The summed E-state index contributed by atoms with van der Waals surface area (Å²) in [7, 11) is 0. The Bertz CT molecular complexity index is 1080. The van der Waals surface area contributed by atoms with Gasteiger partial charge in [-0.05, 0) is 64.2 Å². The van der Waals surface area contributed by atoms with Gasteiger partial charge in [0, 0.05) is 23.2 Å². The van der Waals surface area contributed by atoms with E-state index in [0.717, 1.165) is 54.4 Å². The summed E-state index contributed by atoms with van der Waals surface area (Å²) >= 11 is 0. The quantitative estimate of drug-likeness (QED) is 0.458. The highest BCUT2D eigenvalue weighted by Crippen LogP contribution is 2.50. The Morgan fingerprint density at radius 3 is 2.39 bits per heavy atom. The number of ether oxygens (including phenoxy) is 2. The molecule has 31 heavy (non-hydrogen) atoms. The van der Waals surface area contributed by atoms with Gasteiger partial charge >= 0.3 is 6.09 Å². The lowest BCUT2D eigenvalue weighted by atomic mass is 9.83. The highest BCUT2D eigenvalue weighted by atomic mass is 16.6. The number of rotatable bonds is 1. The summed E-state index contributed by atoms with van der Waals surface area (Å²) < 4.78 is 11.8. The maximum absolute atomic E-state index is 12.9. The lowest BCUT2D eigenvalue weighted by molar-refractivity contribution is 0.0115. The van der Waals surface area contributed by atoms with Crippen molar-refractivity contribution in [2.45, 2.75) is 64.1 Å². The predicted molar refractivity (Wildman–Crippen MR) is 118 cm³/mol. The summed E-state index contributed by atoms with van der Waals surface area (Å²) in [5.41, 5.74) is 4.55. The molecule has 1 amide bonds. The maximum Gasteiger partial charge on any atom is 0.410 e. The van der Waals surface area contributed by atoms with Crippen molar-refractivity contribution in [2.75, 3.05) is 0 Å². The second-order valence-corrected chi connectivity index (χ2v) is 9.60. The van der Waals surface area contributed by atoms with Gasteiger partial charge < -0.3 is 14.4 Å². The first kappa shape index (κ1) is 19.9. The molecule has 2 unspecified atom stereocenters. The molecule has 5 rings (SSSR count). The monoisotopic (exact) mass is 417 g/mol. The molecule has 160 valence electrons. The fraction of sp³-hybridized carbons (Fsp3) is 0.385. The number of aldehydes is 1. The molecule has 2 fully saturated rings. The largest absolute Gasteiger partial charge is 0.455 e. The Morgan fingerprint density at radius 2 is 1.71 bits per heavy atom. The van der Waals surface area contributed by atoms with Crippen molar-refractivity contribution in [2.24, 2.45) is 0 Å². The normalized spacial score (nSPS) is 21.8. The number of amides is 1. The topological polar surface area (TPSA) is 55.8 Å². The first-order valence-corrected chi connectivity index (χ1v) is 10.9. The number of para-hydroxylation sites is 2. The summed E-state index contributed by atoms with van der Waals surface area (Å²) in [5, 5.41) is 0. The number of hydrogen-bond donors (Lipinski definition) is 0. The van der Waals surface area contributed by atoms with Gasteiger partial charge in [0.1, 0.15) is 17.1 Å². The van der Waals surface area contributed by atoms with Crippen molar-refractivity contribution < 1.29 is 19.1 Å². The number of benzene rings is 2. The van der Waals surface area contributed by atoms with E-state index in [4.69, 9.17) is 9.47 Å². The Morgan fingerprint density at radius 1 is 1.03 bits per heavy atom. The molecule has 0 aromatic heterocycles. The Kier molecular flexibility index (Phi) is 4.65. The van der Waals surface area contributed by atoms with Gasteiger partial charge in [-0.25, -0.2) is 4.79 Å². The van der Waals surface area contributed by atoms with Crippen LogP contribution in [0.4, 0.5) is 4.79 Å². The second kappa shape index (κ2) is 7.26. The summed E-state index contributed by atoms with van der Waals surface area (Å²) in [5.74, 6) is 1.40. The van der Waals surface area contributed by atoms with Crippen LogP contribution >= 0.6 is 0 Å². The molecule has 0 radical (unpaired) electrons. The minimum atomic E-state index is -0.501. The van der Waals surface area contributed by atoms with Gasteiger partial charge in [-0.15, -0.1) is 0 Å². The summed E-state index contributed by atoms with van der Waals surface area (Å²) in [6, 6.07) is 14.0. The highest BCUT2D eigenvalue weighted by molar-refractivity contribution is 5.94. The van der Waals surface area contributed by atoms with Crippen LogP contribution in [0.2, 0.25) is 0 Å². The zero-order valence-electron chi connectivity index (χ0n) is 18.2. The third-order valence-corrected chi connectivity index (χ3v) is 6.35. The number of carbonyl (C=O) groups excluding carboxylic acids is 2. The van der Waals surface area contributed by atoms with E-state index < -0.39 is 5.60 Å². The smallest absolute Gasteiger partial charge is 0.410 e. The Balaban J connectivity index is 1.58. The molecule has 3 heterocycles. The van der Waals surface area contributed by atoms with Crippen molar-refractivity contribution in [3.63, 3.8) is 0 Å². The van der Waals surface area contributed by atoms with E-state index in [-0.39, 0.29) is 18.2 Å². The van der Waals surface area contributed by atoms with Gasteiger partial charge in [0.2, 0.25) is 0 Å². The fourth-order valence-electron chi connectivity index (χ4n) is 5.19. The third kappa shape index (κ3) is 3.42. The number of fused-ring (bicyclic) bond motifs is 4. The van der Waals surface area contributed by atoms with Crippen molar-refractivity contribution in [1.82, 2.24) is 4.90 Å². The van der Waals surface area contributed by atoms with Crippen LogP contribution in [0.5, 0.6) is 11.5 Å². The molecular formula is C26H27NO4. The molecule has 3 aliphatic heterocycles. The molecule has 0 saturated carbocycles. The average Bonchev–Trinajstić information content (AvgIpc) is 3.00. The zero-order valence-corrected chi connectivity index (χ0v) is 18.2. The third-order valence-electron chi connectivity index (χ3n) is 6.35. The van der Waals surface area contributed by atoms with Gasteiger partial charge in [0.25, 0.3) is 0 Å². The van der Waals surface area contributed by atoms with E-state index in [9.17, 15) is 9.59 Å². The molecule has 2 aromatic carbocycles. The molecule has 2 saturated heterocycles. The molecule has 2 atom stereocenters. The van der Waals surface area contributed by atoms with Crippen molar-refractivity contribution in [3.8, 4) is 11.5 Å². The van der Waals surface area contributed by atoms with Gasteiger partial charge in [0.05, 0.1) is 5.56 Å². The van der Waals surface area contributed by atoms with Crippen LogP contribution < -0.4 is 4.74 Å². The number of carbonyl (C=O) groups is 2. The molecule has 2 bridgehead atoms. The average molecular weight is 418 g/mol. The number of nitrogens with zero attached hydrogens (tertiary/aromatic N) is 1. The number of piperidine rings is 1. The lowest BCUT2D eigenvalue weighted by Gasteiger charge is -2.38. The zero-order chi connectivity index (χ0) is 21.8. The minimum Gasteiger partial charge on any atom is -0.455 e. The van der Waals surface area contributed by atoms with E-state index in [1.54, 1.807) is 6.07 Å². The van der Waals surface area contributed by atoms with Crippen molar-refractivity contribution in [1.29, 1.82) is 0 Å². The standard InChI is InChI=1S/C26H27NO4/c1-26(2,3)31-25(29)27-18-11-12-19(27)14-17(13-18)23-20-8-4-5-10-22(20)30-24-16(15-28)7-6-9-21(23)24/h4-10,15,18-19H,11-14H2,1-3H3. The van der Waals surface area contributed by atoms with E-state index in [1.165, 1.54) is 5.57 Å². The summed E-state index contributed by atoms with van der Waals surface area (Å²) in [4.78, 5) is 26.5. The van der Waals surface area contributed by atoms with Crippen LogP contribution in [0.25, 0.3) is 5.57 Å². The summed E-state index contributed by atoms with van der Waals surface area (Å²) in [6.45, 7) is 5.72. The molecule has 5 nitrogen and oxygen atoms in total. The highest BCUT2D eigenvalue weighted by Gasteiger charge is 2.44. The lowest BCUT2D eigenvalue weighted by Crippen LogP contribution is -2.47. The second-order valence-electron chi connectivity index (χ2n) is 9.60. The minimum absolute atomic E-state index is 0.142. The molecule has 2 aromatic rings. The molecule has 5 heteroatoms. The van der Waals surface area contributed by atoms with Crippen LogP contribution in [0.15, 0.2) is 48.0 Å². The Labute approximate surface area is 182 Å². The van der Waals surface area contributed by atoms with E-state index in [0.29, 0.717) is 11.3 Å². The fourth-order valence-corrected chi connectivity index (χ4v) is 5.19. The van der Waals surface area contributed by atoms with Crippen molar-refractivity contribution >= 4 is 18.0 Å². The van der Waals surface area contributed by atoms with Gasteiger partial charge in [-0.2, -0.15) is 0 Å². The van der Waals surface area contributed by atoms with Gasteiger partial charge in [-0.1, -0.05) is 35.9 Å². The maximum atomic E-state index is 12.9. The SMILES string of the molecule is CC(C)(C)OC(=O)N1C2CCC1CC(=C1c3ccccc3Oc3c(C=O)cccc31)C2. The Hall–Kier alpha value is -3.08. The van der Waals surface area contributed by atoms with E-state index in [2.05, 4.69) is 6.07 Å². The molecule has 3 aliphatic rings. The summed E-state index contributed by atoms with van der Waals surface area (Å²) in [6.07, 6.45) is 4.23. The first-order chi connectivity index (χ1) is 14.9. The van der Waals surface area contributed by atoms with Crippen LogP contribution in [0, 0.1) is 0 Å². The van der Waals surface area contributed by atoms with Gasteiger partial charge in [-0.3, -0.25) is 4.79 Å². The first-order valence-electron chi connectivity index (χ1n) is 10.9. The molecule has 0 N–H and O–H groups in total. The predicted octanol–water partition coefficient (Wildman–Crippen LogP) is 5.97. The van der Waals surface area contributed by atoms with E-state index in [1.807, 2.05) is 56.0 Å². The van der Waals surface area contributed by atoms with E-state index >= 15 is 0 Å². The van der Waals surface area contributed by atoms with Crippen LogP contribution in [-0.2, 0) is 4.74 Å². The van der Waals surface area contributed by atoms with Crippen LogP contribution in [-0.4, -0.2) is 35.0 Å². The van der Waals surface area contributed by atoms with Crippen LogP contribution in [0.1, 0.15) is 67.9 Å².